The largest absolute Gasteiger partial charge is 0.349 e. The standard InChI is InChI=1S/C28H38BCl2N3O/c1-28(2,3)26-19-32(14-15-34(26)27(35)16-20-10-12-33(29)13-11-20)18-22-6-4-5-7-23(22)21-8-9-24(30)25(31)17-21/h4-9,17,20,26H,10-16,18-19,29H2,1-3H3/t26-/m1/s1. The predicted molar refractivity (Wildman–Crippen MR) is 150 cm³/mol. The van der Waals surface area contributed by atoms with Crippen molar-refractivity contribution in [2.75, 3.05) is 32.7 Å². The number of halogens is 2. The fourth-order valence-corrected chi connectivity index (χ4v) is 5.80. The summed E-state index contributed by atoms with van der Waals surface area (Å²) in [5.74, 6) is 0.866. The fraction of sp³-hybridized carbons (Fsp3) is 0.536. The second-order valence-electron chi connectivity index (χ2n) is 11.4. The number of carbonyl (C=O) groups excluding carboxylic acids is 1. The van der Waals surface area contributed by atoms with Gasteiger partial charge in [0, 0.05) is 38.6 Å². The summed E-state index contributed by atoms with van der Waals surface area (Å²) in [6.45, 7) is 12.4. The van der Waals surface area contributed by atoms with Crippen molar-refractivity contribution in [3.05, 3.63) is 58.1 Å². The van der Waals surface area contributed by atoms with Crippen LogP contribution in [0.5, 0.6) is 0 Å². The minimum absolute atomic E-state index is 0.0182. The molecule has 7 heteroatoms. The Labute approximate surface area is 222 Å². The van der Waals surface area contributed by atoms with E-state index in [-0.39, 0.29) is 11.5 Å². The van der Waals surface area contributed by atoms with E-state index < -0.39 is 0 Å². The van der Waals surface area contributed by atoms with Gasteiger partial charge in [0.25, 0.3) is 0 Å². The topological polar surface area (TPSA) is 26.8 Å². The van der Waals surface area contributed by atoms with E-state index in [4.69, 9.17) is 23.2 Å². The maximum absolute atomic E-state index is 13.4. The summed E-state index contributed by atoms with van der Waals surface area (Å²) < 4.78 is 0. The second kappa shape index (κ2) is 11.3. The molecule has 1 atom stereocenters. The molecule has 0 radical (unpaired) electrons. The van der Waals surface area contributed by atoms with E-state index in [9.17, 15) is 4.79 Å². The molecular formula is C28H38BCl2N3O. The fourth-order valence-electron chi connectivity index (χ4n) is 5.50. The summed E-state index contributed by atoms with van der Waals surface area (Å²) in [5, 5.41) is 1.14. The zero-order valence-electron chi connectivity index (χ0n) is 21.6. The summed E-state index contributed by atoms with van der Waals surface area (Å²) >= 11 is 12.5. The van der Waals surface area contributed by atoms with Crippen molar-refractivity contribution in [2.45, 2.75) is 52.6 Å². The molecule has 0 bridgehead atoms. The number of amides is 1. The minimum Gasteiger partial charge on any atom is -0.349 e. The summed E-state index contributed by atoms with van der Waals surface area (Å²) in [6, 6.07) is 14.6. The first-order chi connectivity index (χ1) is 16.6. The average molecular weight is 514 g/mol. The maximum atomic E-state index is 13.4. The quantitative estimate of drug-likeness (QED) is 0.503. The van der Waals surface area contributed by atoms with Gasteiger partial charge in [0.05, 0.1) is 10.0 Å². The smallest absolute Gasteiger partial charge is 0.223 e. The Morgan fingerprint density at radius 3 is 2.40 bits per heavy atom. The van der Waals surface area contributed by atoms with E-state index in [1.807, 2.05) is 18.2 Å². The van der Waals surface area contributed by atoms with Crippen LogP contribution in [-0.2, 0) is 11.3 Å². The first-order valence-electron chi connectivity index (χ1n) is 12.9. The maximum Gasteiger partial charge on any atom is 0.223 e. The molecule has 2 aliphatic rings. The summed E-state index contributed by atoms with van der Waals surface area (Å²) in [5.41, 5.74) is 3.54. The number of hydrogen-bond acceptors (Lipinski definition) is 3. The average Bonchev–Trinajstić information content (AvgIpc) is 2.82. The lowest BCUT2D eigenvalue weighted by Gasteiger charge is -2.48. The van der Waals surface area contributed by atoms with Crippen LogP contribution in [0, 0.1) is 11.3 Å². The van der Waals surface area contributed by atoms with Crippen molar-refractivity contribution in [3.63, 3.8) is 0 Å². The number of piperazine rings is 1. The van der Waals surface area contributed by atoms with Gasteiger partial charge in [-0.1, -0.05) is 74.3 Å². The number of benzene rings is 2. The van der Waals surface area contributed by atoms with Crippen LogP contribution < -0.4 is 0 Å². The monoisotopic (exact) mass is 513 g/mol. The van der Waals surface area contributed by atoms with Gasteiger partial charge in [0.1, 0.15) is 0 Å². The van der Waals surface area contributed by atoms with Gasteiger partial charge in [-0.3, -0.25) is 9.69 Å². The Morgan fingerprint density at radius 1 is 1.00 bits per heavy atom. The molecule has 4 rings (SSSR count). The van der Waals surface area contributed by atoms with Crippen LogP contribution in [0.15, 0.2) is 42.5 Å². The van der Waals surface area contributed by atoms with E-state index >= 15 is 0 Å². The summed E-state index contributed by atoms with van der Waals surface area (Å²) in [4.78, 5) is 20.5. The molecule has 35 heavy (non-hydrogen) atoms. The molecule has 4 nitrogen and oxygen atoms in total. The van der Waals surface area contributed by atoms with Crippen LogP contribution in [0.2, 0.25) is 10.0 Å². The highest BCUT2D eigenvalue weighted by Crippen LogP contribution is 2.33. The zero-order chi connectivity index (χ0) is 25.2. The highest BCUT2D eigenvalue weighted by atomic mass is 35.5. The van der Waals surface area contributed by atoms with Gasteiger partial charge >= 0.3 is 0 Å². The molecule has 0 spiro atoms. The van der Waals surface area contributed by atoms with Gasteiger partial charge in [0.2, 0.25) is 5.91 Å². The van der Waals surface area contributed by atoms with Gasteiger partial charge in [-0.05, 0) is 66.1 Å². The van der Waals surface area contributed by atoms with Gasteiger partial charge in [-0.2, -0.15) is 0 Å². The molecule has 1 amide bonds. The Kier molecular flexibility index (Phi) is 8.53. The molecule has 2 aromatic carbocycles. The van der Waals surface area contributed by atoms with Crippen molar-refractivity contribution in [2.24, 2.45) is 11.3 Å². The van der Waals surface area contributed by atoms with E-state index in [1.165, 1.54) is 11.1 Å². The number of nitrogens with zero attached hydrogens (tertiary/aromatic N) is 3. The highest BCUT2D eigenvalue weighted by molar-refractivity contribution is 6.42. The van der Waals surface area contributed by atoms with Crippen LogP contribution >= 0.6 is 23.2 Å². The number of hydrogen-bond donors (Lipinski definition) is 0. The van der Waals surface area contributed by atoms with Crippen molar-refractivity contribution >= 4 is 37.1 Å². The third-order valence-corrected chi connectivity index (χ3v) is 8.47. The van der Waals surface area contributed by atoms with E-state index in [2.05, 4.69) is 67.6 Å². The van der Waals surface area contributed by atoms with Gasteiger partial charge < -0.3 is 9.71 Å². The lowest BCUT2D eigenvalue weighted by Crippen LogP contribution is -2.59. The molecule has 0 unspecified atom stereocenters. The lowest BCUT2D eigenvalue weighted by molar-refractivity contribution is -0.141. The Balaban J connectivity index is 1.47. The molecule has 0 saturated carbocycles. The first-order valence-corrected chi connectivity index (χ1v) is 13.6. The van der Waals surface area contributed by atoms with Crippen LogP contribution in [0.4, 0.5) is 0 Å². The van der Waals surface area contributed by atoms with Crippen LogP contribution in [0.25, 0.3) is 11.1 Å². The summed E-state index contributed by atoms with van der Waals surface area (Å²) in [7, 11) is 2.17. The molecule has 0 aromatic heterocycles. The molecule has 0 aliphatic carbocycles. The van der Waals surface area contributed by atoms with E-state index in [0.717, 1.165) is 57.7 Å². The number of rotatable bonds is 5. The highest BCUT2D eigenvalue weighted by Gasteiger charge is 2.38. The molecule has 2 aromatic rings. The normalized spacial score (nSPS) is 20.8. The van der Waals surface area contributed by atoms with Gasteiger partial charge in [-0.25, -0.2) is 0 Å². The Bertz CT molecular complexity index is 1030. The molecule has 188 valence electrons. The zero-order valence-corrected chi connectivity index (χ0v) is 23.1. The third-order valence-electron chi connectivity index (χ3n) is 7.73. The van der Waals surface area contributed by atoms with Gasteiger partial charge in [0.15, 0.2) is 7.98 Å². The number of piperidine rings is 1. The van der Waals surface area contributed by atoms with Crippen molar-refractivity contribution in [1.82, 2.24) is 14.6 Å². The van der Waals surface area contributed by atoms with Gasteiger partial charge in [-0.15, -0.1) is 0 Å². The van der Waals surface area contributed by atoms with E-state index in [0.29, 0.717) is 28.3 Å². The summed E-state index contributed by atoms with van der Waals surface area (Å²) in [6.07, 6.45) is 2.96. The van der Waals surface area contributed by atoms with Crippen LogP contribution in [0.3, 0.4) is 0 Å². The van der Waals surface area contributed by atoms with Crippen molar-refractivity contribution in [3.8, 4) is 11.1 Å². The number of carbonyl (C=O) groups is 1. The lowest BCUT2D eigenvalue weighted by atomic mass is 9.83. The Hall–Kier alpha value is -1.53. The first kappa shape index (κ1) is 26.5. The van der Waals surface area contributed by atoms with Crippen molar-refractivity contribution < 1.29 is 4.79 Å². The molecule has 0 N–H and O–H groups in total. The molecule has 2 fully saturated rings. The third kappa shape index (κ3) is 6.62. The Morgan fingerprint density at radius 2 is 1.71 bits per heavy atom. The molecule has 2 heterocycles. The van der Waals surface area contributed by atoms with Crippen LogP contribution in [-0.4, -0.2) is 67.3 Å². The molecule has 2 saturated heterocycles. The second-order valence-corrected chi connectivity index (χ2v) is 12.3. The van der Waals surface area contributed by atoms with Crippen LogP contribution in [0.1, 0.15) is 45.6 Å². The minimum atomic E-state index is 0.0182. The SMILES string of the molecule is BN1CCC(CC(=O)N2CCN(Cc3ccccc3-c3ccc(Cl)c(Cl)c3)C[C@@H]2C(C)(C)C)CC1. The molecular weight excluding hydrogens is 476 g/mol. The van der Waals surface area contributed by atoms with Crippen molar-refractivity contribution in [1.29, 1.82) is 0 Å². The predicted octanol–water partition coefficient (Wildman–Crippen LogP) is 5.37. The van der Waals surface area contributed by atoms with E-state index in [1.54, 1.807) is 0 Å². The molecule has 2 aliphatic heterocycles.